The molecule has 0 N–H and O–H groups in total. The molecule has 0 fully saturated rings. The fourth-order valence-corrected chi connectivity index (χ4v) is 2.62. The van der Waals surface area contributed by atoms with E-state index in [1.807, 2.05) is 6.08 Å². The van der Waals surface area contributed by atoms with Gasteiger partial charge < -0.3 is 0 Å². The van der Waals surface area contributed by atoms with Gasteiger partial charge in [0.25, 0.3) is 0 Å². The van der Waals surface area contributed by atoms with Gasteiger partial charge in [0, 0.05) is 15.3 Å². The van der Waals surface area contributed by atoms with Crippen molar-refractivity contribution >= 4 is 27.5 Å². The Kier molecular flexibility index (Phi) is 1.63. The van der Waals surface area contributed by atoms with E-state index in [4.69, 9.17) is 0 Å². The molecule has 2 heterocycles. The van der Waals surface area contributed by atoms with Crippen LogP contribution < -0.4 is 9.89 Å². The van der Waals surface area contributed by atoms with Gasteiger partial charge in [-0.2, -0.15) is 0 Å². The molecule has 1 aliphatic heterocycles. The standard InChI is InChI=1S/C12H7NS/c1-2-7-11-9(5-1)10-6-3-4-8-13-12(10)14-11/h1-3,5-8H. The summed E-state index contributed by atoms with van der Waals surface area (Å²) in [7, 11) is 0. The number of hydrogen-bond donors (Lipinski definition) is 0. The molecule has 0 amide bonds. The maximum atomic E-state index is 4.34. The number of allylic oxidation sites excluding steroid dienone is 1. The quantitative estimate of drug-likeness (QED) is 0.573. The van der Waals surface area contributed by atoms with Crippen molar-refractivity contribution in [2.75, 3.05) is 0 Å². The molecule has 0 saturated carbocycles. The molecule has 2 aromatic rings. The Balaban J connectivity index is 2.63. The minimum Gasteiger partial charge on any atom is -0.237 e. The van der Waals surface area contributed by atoms with Gasteiger partial charge in [0.2, 0.25) is 0 Å². The Morgan fingerprint density at radius 1 is 1.21 bits per heavy atom. The minimum absolute atomic E-state index is 1.08. The van der Waals surface area contributed by atoms with Crippen LogP contribution in [-0.4, -0.2) is 0 Å². The minimum atomic E-state index is 1.08. The Hall–Kier alpha value is -1.63. The monoisotopic (exact) mass is 197 g/mol. The van der Waals surface area contributed by atoms with Gasteiger partial charge in [0.15, 0.2) is 0 Å². The molecule has 0 atom stereocenters. The molecule has 0 unspecified atom stereocenters. The first-order valence-electron chi connectivity index (χ1n) is 4.42. The Labute approximate surface area is 85.0 Å². The average Bonchev–Trinajstić information content (AvgIpc) is 2.42. The SMILES string of the molecule is C1=CC=c2c(sc3ccccc23)=NC=1. The summed E-state index contributed by atoms with van der Waals surface area (Å²) in [6.45, 7) is 0. The first-order chi connectivity index (χ1) is 6.95. The van der Waals surface area contributed by atoms with Crippen LogP contribution in [0.15, 0.2) is 47.3 Å². The van der Waals surface area contributed by atoms with Crippen molar-refractivity contribution < 1.29 is 0 Å². The Bertz CT molecular complexity index is 670. The zero-order valence-corrected chi connectivity index (χ0v) is 8.21. The van der Waals surface area contributed by atoms with E-state index in [1.54, 1.807) is 17.5 Å². The van der Waals surface area contributed by atoms with Gasteiger partial charge in [-0.3, -0.25) is 0 Å². The number of hydrogen-bond acceptors (Lipinski definition) is 2. The highest BCUT2D eigenvalue weighted by molar-refractivity contribution is 7.16. The van der Waals surface area contributed by atoms with Crippen LogP contribution in [0, 0.1) is 0 Å². The summed E-state index contributed by atoms with van der Waals surface area (Å²) in [5.41, 5.74) is 2.98. The van der Waals surface area contributed by atoms with E-state index >= 15 is 0 Å². The van der Waals surface area contributed by atoms with Crippen LogP contribution in [-0.2, 0) is 0 Å². The molecule has 0 saturated heterocycles. The maximum absolute atomic E-state index is 4.34. The van der Waals surface area contributed by atoms with Gasteiger partial charge in [0.1, 0.15) is 4.67 Å². The third kappa shape index (κ3) is 1.06. The van der Waals surface area contributed by atoms with Crippen molar-refractivity contribution in [1.82, 2.24) is 0 Å². The Morgan fingerprint density at radius 2 is 2.14 bits per heavy atom. The smallest absolute Gasteiger partial charge is 0.125 e. The topological polar surface area (TPSA) is 12.4 Å². The van der Waals surface area contributed by atoms with Crippen LogP contribution in [0.1, 0.15) is 0 Å². The molecule has 0 radical (unpaired) electrons. The van der Waals surface area contributed by atoms with E-state index in [0.29, 0.717) is 0 Å². The highest BCUT2D eigenvalue weighted by atomic mass is 32.1. The van der Waals surface area contributed by atoms with E-state index in [0.717, 1.165) is 4.67 Å². The maximum Gasteiger partial charge on any atom is 0.125 e. The van der Waals surface area contributed by atoms with E-state index in [1.165, 1.54) is 15.3 Å². The Morgan fingerprint density at radius 3 is 3.14 bits per heavy atom. The number of nitrogens with zero attached hydrogens (tertiary/aromatic N) is 1. The first kappa shape index (κ1) is 7.74. The van der Waals surface area contributed by atoms with Crippen LogP contribution in [0.3, 0.4) is 0 Å². The summed E-state index contributed by atoms with van der Waals surface area (Å²) in [4.78, 5) is 4.34. The van der Waals surface area contributed by atoms with Crippen molar-refractivity contribution in [3.05, 3.63) is 52.2 Å². The molecule has 1 aromatic carbocycles. The molecular formula is C12H7NS. The summed E-state index contributed by atoms with van der Waals surface area (Å²) in [6, 6.07) is 8.39. The zero-order chi connectivity index (χ0) is 9.38. The van der Waals surface area contributed by atoms with Crippen molar-refractivity contribution in [2.24, 2.45) is 4.99 Å². The number of fused-ring (bicyclic) bond motifs is 3. The predicted molar refractivity (Wildman–Crippen MR) is 59.7 cm³/mol. The molecule has 1 nitrogen and oxygen atoms in total. The van der Waals surface area contributed by atoms with Crippen molar-refractivity contribution in [3.63, 3.8) is 0 Å². The average molecular weight is 197 g/mol. The van der Waals surface area contributed by atoms with E-state index in [9.17, 15) is 0 Å². The van der Waals surface area contributed by atoms with Gasteiger partial charge in [-0.25, -0.2) is 4.99 Å². The molecule has 2 heteroatoms. The van der Waals surface area contributed by atoms with Gasteiger partial charge in [0.05, 0.1) is 6.20 Å². The lowest BCUT2D eigenvalue weighted by Gasteiger charge is -1.84. The van der Waals surface area contributed by atoms with Crippen molar-refractivity contribution in [2.45, 2.75) is 0 Å². The molecule has 0 spiro atoms. The van der Waals surface area contributed by atoms with Crippen molar-refractivity contribution in [3.8, 4) is 0 Å². The third-order valence-corrected chi connectivity index (χ3v) is 3.31. The number of thiophene rings is 1. The van der Waals surface area contributed by atoms with Gasteiger partial charge in [-0.05, 0) is 18.2 Å². The highest BCUT2D eigenvalue weighted by Gasteiger charge is 1.99. The summed E-state index contributed by atoms with van der Waals surface area (Å²) in [5.74, 6) is 0. The molecule has 3 rings (SSSR count). The fraction of sp³-hybridized carbons (Fsp3) is 0. The van der Waals surface area contributed by atoms with Gasteiger partial charge in [-0.15, -0.1) is 17.1 Å². The first-order valence-corrected chi connectivity index (χ1v) is 5.23. The fourth-order valence-electron chi connectivity index (χ4n) is 1.58. The lowest BCUT2D eigenvalue weighted by molar-refractivity contribution is 1.42. The summed E-state index contributed by atoms with van der Waals surface area (Å²) < 4.78 is 2.37. The van der Waals surface area contributed by atoms with Crippen LogP contribution in [0.5, 0.6) is 0 Å². The lowest BCUT2D eigenvalue weighted by Crippen LogP contribution is -2.17. The van der Waals surface area contributed by atoms with Crippen molar-refractivity contribution in [1.29, 1.82) is 0 Å². The van der Waals surface area contributed by atoms with Gasteiger partial charge >= 0.3 is 0 Å². The lowest BCUT2D eigenvalue weighted by atomic mass is 10.2. The number of rotatable bonds is 0. The number of benzene rings is 1. The largest absolute Gasteiger partial charge is 0.237 e. The van der Waals surface area contributed by atoms with Gasteiger partial charge in [-0.1, -0.05) is 18.2 Å². The third-order valence-electron chi connectivity index (χ3n) is 2.22. The summed E-state index contributed by atoms with van der Waals surface area (Å²) in [5, 5.41) is 2.50. The van der Waals surface area contributed by atoms with Crippen LogP contribution >= 0.6 is 11.3 Å². The molecule has 1 aromatic heterocycles. The molecular weight excluding hydrogens is 190 g/mol. The second kappa shape index (κ2) is 2.95. The zero-order valence-electron chi connectivity index (χ0n) is 7.40. The summed E-state index contributed by atoms with van der Waals surface area (Å²) in [6.07, 6.45) is 5.70. The van der Waals surface area contributed by atoms with E-state index in [-0.39, 0.29) is 0 Å². The molecule has 66 valence electrons. The van der Waals surface area contributed by atoms with Crippen LogP contribution in [0.4, 0.5) is 0 Å². The molecule has 0 aliphatic carbocycles. The highest BCUT2D eigenvalue weighted by Crippen LogP contribution is 2.12. The molecule has 0 bridgehead atoms. The normalized spacial score (nSPS) is 13.1. The second-order valence-electron chi connectivity index (χ2n) is 3.08. The second-order valence-corrected chi connectivity index (χ2v) is 4.11. The van der Waals surface area contributed by atoms with E-state index in [2.05, 4.69) is 41.1 Å². The molecule has 1 aliphatic rings. The molecule has 14 heavy (non-hydrogen) atoms. The van der Waals surface area contributed by atoms with Crippen LogP contribution in [0.25, 0.3) is 16.2 Å². The predicted octanol–water partition coefficient (Wildman–Crippen LogP) is 1.98. The van der Waals surface area contributed by atoms with Crippen LogP contribution in [0.2, 0.25) is 0 Å². The summed E-state index contributed by atoms with van der Waals surface area (Å²) >= 11 is 1.72. The van der Waals surface area contributed by atoms with E-state index < -0.39 is 0 Å².